The van der Waals surface area contributed by atoms with Crippen LogP contribution >= 0.6 is 0 Å². The molecule has 8 heavy (non-hydrogen) atoms. The molecular formula is C7H15B. The molecule has 1 saturated heterocycles. The van der Waals surface area contributed by atoms with Crippen molar-refractivity contribution >= 4 is 6.71 Å². The van der Waals surface area contributed by atoms with Gasteiger partial charge in [0.25, 0.3) is 0 Å². The Labute approximate surface area is 52.7 Å². The fraction of sp³-hybridized carbons (Fsp3) is 1.00. The van der Waals surface area contributed by atoms with E-state index < -0.39 is 0 Å². The first-order chi connectivity index (χ1) is 3.89. The van der Waals surface area contributed by atoms with Crippen LogP contribution in [-0.2, 0) is 0 Å². The van der Waals surface area contributed by atoms with Crippen molar-refractivity contribution in [3.63, 3.8) is 0 Å². The normalized spacial score (nSPS) is 22.9. The van der Waals surface area contributed by atoms with Crippen LogP contribution in [0, 0.1) is 0 Å². The molecule has 0 N–H and O–H groups in total. The van der Waals surface area contributed by atoms with Crippen molar-refractivity contribution in [2.24, 2.45) is 0 Å². The molecule has 0 radical (unpaired) electrons. The maximum absolute atomic E-state index is 2.38. The maximum atomic E-state index is 2.38. The molecule has 1 heterocycles. The Morgan fingerprint density at radius 3 is 1.88 bits per heavy atom. The van der Waals surface area contributed by atoms with E-state index in [0.717, 1.165) is 6.71 Å². The first-order valence-electron chi connectivity index (χ1n) is 3.89. The lowest BCUT2D eigenvalue weighted by Crippen LogP contribution is -2.01. The molecule has 1 heteroatoms. The lowest BCUT2D eigenvalue weighted by atomic mass is 9.47. The first kappa shape index (κ1) is 6.19. The van der Waals surface area contributed by atoms with Gasteiger partial charge in [0.1, 0.15) is 6.71 Å². The Morgan fingerprint density at radius 2 is 1.38 bits per heavy atom. The second kappa shape index (κ2) is 3.16. The Bertz CT molecular complexity index is 53.4. The highest BCUT2D eigenvalue weighted by atomic mass is 13.9. The summed E-state index contributed by atoms with van der Waals surface area (Å²) in [5, 5.41) is 0. The van der Waals surface area contributed by atoms with E-state index in [1.54, 1.807) is 0 Å². The van der Waals surface area contributed by atoms with Crippen LogP contribution in [0.1, 0.15) is 25.7 Å². The second-order valence-corrected chi connectivity index (χ2v) is 3.10. The minimum absolute atomic E-state index is 1.03. The zero-order chi connectivity index (χ0) is 5.82. The Balaban J connectivity index is 2.17. The molecule has 0 bridgehead atoms. The van der Waals surface area contributed by atoms with Crippen molar-refractivity contribution in [1.82, 2.24) is 0 Å². The van der Waals surface area contributed by atoms with Gasteiger partial charge in [0.15, 0.2) is 0 Å². The molecule has 0 aliphatic carbocycles. The van der Waals surface area contributed by atoms with Crippen molar-refractivity contribution < 1.29 is 0 Å². The third-order valence-electron chi connectivity index (χ3n) is 2.14. The van der Waals surface area contributed by atoms with E-state index in [4.69, 9.17) is 0 Å². The van der Waals surface area contributed by atoms with Crippen LogP contribution in [0.3, 0.4) is 0 Å². The summed E-state index contributed by atoms with van der Waals surface area (Å²) in [6.07, 6.45) is 8.93. The highest BCUT2D eigenvalue weighted by Crippen LogP contribution is 2.17. The average Bonchev–Trinajstić information content (AvgIpc) is 1.94. The fourth-order valence-electron chi connectivity index (χ4n) is 1.48. The quantitative estimate of drug-likeness (QED) is 0.420. The molecule has 0 spiro atoms. The van der Waals surface area contributed by atoms with Gasteiger partial charge < -0.3 is 0 Å². The fourth-order valence-corrected chi connectivity index (χ4v) is 1.48. The van der Waals surface area contributed by atoms with Gasteiger partial charge in [-0.25, -0.2) is 0 Å². The van der Waals surface area contributed by atoms with E-state index in [1.807, 2.05) is 0 Å². The smallest absolute Gasteiger partial charge is 0.0861 e. The van der Waals surface area contributed by atoms with Crippen LogP contribution in [0.25, 0.3) is 0 Å². The Morgan fingerprint density at radius 1 is 0.875 bits per heavy atom. The Kier molecular flexibility index (Phi) is 2.45. The lowest BCUT2D eigenvalue weighted by Gasteiger charge is -1.97. The molecule has 0 aromatic heterocycles. The molecule has 1 fully saturated rings. The summed E-state index contributed by atoms with van der Waals surface area (Å²) >= 11 is 0. The third-order valence-corrected chi connectivity index (χ3v) is 2.14. The maximum Gasteiger partial charge on any atom is 0.136 e. The average molecular weight is 110 g/mol. The van der Waals surface area contributed by atoms with Crippen molar-refractivity contribution in [2.45, 2.75) is 45.1 Å². The van der Waals surface area contributed by atoms with Gasteiger partial charge in [0.2, 0.25) is 0 Å². The number of hydrogen-bond acceptors (Lipinski definition) is 0. The number of rotatable bonds is 0. The molecule has 0 aromatic carbocycles. The number of hydrogen-bond donors (Lipinski definition) is 0. The van der Waals surface area contributed by atoms with Gasteiger partial charge in [-0.15, -0.1) is 0 Å². The molecule has 0 aromatic rings. The van der Waals surface area contributed by atoms with Crippen LogP contribution in [0.4, 0.5) is 0 Å². The molecule has 1 aliphatic rings. The van der Waals surface area contributed by atoms with Gasteiger partial charge in [-0.3, -0.25) is 0 Å². The van der Waals surface area contributed by atoms with Gasteiger partial charge in [0, 0.05) is 0 Å². The van der Waals surface area contributed by atoms with Crippen LogP contribution < -0.4 is 0 Å². The molecule has 1 aliphatic heterocycles. The van der Waals surface area contributed by atoms with E-state index in [9.17, 15) is 0 Å². The zero-order valence-corrected chi connectivity index (χ0v) is 5.82. The summed E-state index contributed by atoms with van der Waals surface area (Å²) in [5.74, 6) is 0. The van der Waals surface area contributed by atoms with Crippen LogP contribution in [0.15, 0.2) is 0 Å². The van der Waals surface area contributed by atoms with Crippen LogP contribution in [0.2, 0.25) is 19.5 Å². The van der Waals surface area contributed by atoms with E-state index in [0.29, 0.717) is 0 Å². The standard InChI is InChI=1S/C7H15B/c1-8-6-4-2-3-5-7-8/h2-7H2,1H3. The highest BCUT2D eigenvalue weighted by molar-refractivity contribution is 6.57. The summed E-state index contributed by atoms with van der Waals surface area (Å²) in [5.41, 5.74) is 0. The summed E-state index contributed by atoms with van der Waals surface area (Å²) in [6.45, 7) is 3.41. The van der Waals surface area contributed by atoms with E-state index in [1.165, 1.54) is 38.3 Å². The van der Waals surface area contributed by atoms with Crippen LogP contribution in [-0.4, -0.2) is 6.71 Å². The monoisotopic (exact) mass is 110 g/mol. The zero-order valence-electron chi connectivity index (χ0n) is 5.82. The van der Waals surface area contributed by atoms with Gasteiger partial charge in [-0.1, -0.05) is 45.1 Å². The molecule has 1 rings (SSSR count). The summed E-state index contributed by atoms with van der Waals surface area (Å²) in [6, 6.07) is 0. The van der Waals surface area contributed by atoms with E-state index in [-0.39, 0.29) is 0 Å². The van der Waals surface area contributed by atoms with Crippen molar-refractivity contribution in [3.05, 3.63) is 0 Å². The predicted octanol–water partition coefficient (Wildman–Crippen LogP) is 2.69. The lowest BCUT2D eigenvalue weighted by molar-refractivity contribution is 0.720. The van der Waals surface area contributed by atoms with Gasteiger partial charge in [0.05, 0.1) is 0 Å². The first-order valence-corrected chi connectivity index (χ1v) is 3.89. The SMILES string of the molecule is CB1CCCCCC1. The summed E-state index contributed by atoms with van der Waals surface area (Å²) < 4.78 is 0. The minimum Gasteiger partial charge on any atom is -0.0861 e. The molecule has 0 unspecified atom stereocenters. The van der Waals surface area contributed by atoms with E-state index in [2.05, 4.69) is 6.82 Å². The summed E-state index contributed by atoms with van der Waals surface area (Å²) in [7, 11) is 0. The highest BCUT2D eigenvalue weighted by Gasteiger charge is 2.08. The van der Waals surface area contributed by atoms with Crippen molar-refractivity contribution in [2.75, 3.05) is 0 Å². The van der Waals surface area contributed by atoms with Crippen molar-refractivity contribution in [3.8, 4) is 0 Å². The second-order valence-electron chi connectivity index (χ2n) is 3.10. The van der Waals surface area contributed by atoms with E-state index >= 15 is 0 Å². The van der Waals surface area contributed by atoms with Gasteiger partial charge >= 0.3 is 0 Å². The molecular weight excluding hydrogens is 94.9 g/mol. The molecule has 0 nitrogen and oxygen atoms in total. The van der Waals surface area contributed by atoms with Gasteiger partial charge in [-0.2, -0.15) is 0 Å². The molecule has 46 valence electrons. The molecule has 0 saturated carbocycles. The van der Waals surface area contributed by atoms with Crippen molar-refractivity contribution in [1.29, 1.82) is 0 Å². The topological polar surface area (TPSA) is 0 Å². The summed E-state index contributed by atoms with van der Waals surface area (Å²) in [4.78, 5) is 0. The largest absolute Gasteiger partial charge is 0.136 e. The van der Waals surface area contributed by atoms with Crippen LogP contribution in [0.5, 0.6) is 0 Å². The Hall–Kier alpha value is 0.0649. The predicted molar refractivity (Wildman–Crippen MR) is 39.7 cm³/mol. The minimum atomic E-state index is 1.03. The molecule has 0 atom stereocenters. The molecule has 0 amide bonds. The van der Waals surface area contributed by atoms with Gasteiger partial charge in [-0.05, 0) is 0 Å². The third kappa shape index (κ3) is 1.89.